The number of benzene rings is 3. The van der Waals surface area contributed by atoms with Gasteiger partial charge in [-0.2, -0.15) is 0 Å². The molecule has 0 fully saturated rings. The van der Waals surface area contributed by atoms with Crippen LogP contribution >= 0.6 is 0 Å². The zero-order valence-corrected chi connectivity index (χ0v) is 26.2. The Morgan fingerprint density at radius 3 is 1.26 bits per heavy atom. The normalized spacial score (nSPS) is 11.1. The van der Waals surface area contributed by atoms with Gasteiger partial charge in [0.2, 0.25) is 0 Å². The topological polar surface area (TPSA) is 71.1 Å². The molecule has 0 unspecified atom stereocenters. The molecule has 0 aliphatic carbocycles. The lowest BCUT2D eigenvalue weighted by atomic mass is 9.96. The molecule has 0 N–H and O–H groups in total. The van der Waals surface area contributed by atoms with Crippen molar-refractivity contribution in [1.29, 1.82) is 0 Å². The molecule has 230 valence electrons. The average molecular weight is 579 g/mol. The summed E-state index contributed by atoms with van der Waals surface area (Å²) in [4.78, 5) is 25.7. The van der Waals surface area contributed by atoms with Crippen molar-refractivity contribution in [2.75, 3.05) is 13.2 Å². The molecule has 42 heavy (non-hydrogen) atoms. The summed E-state index contributed by atoms with van der Waals surface area (Å²) in [5, 5.41) is 2.76. The third-order valence-electron chi connectivity index (χ3n) is 7.77. The molecule has 0 aliphatic heterocycles. The maximum absolute atomic E-state index is 12.9. The van der Waals surface area contributed by atoms with Crippen molar-refractivity contribution < 1.29 is 28.5 Å². The Hall–Kier alpha value is -3.28. The standard InChI is InChI=1S/C36H50O6/c1-5-9-11-13-15-17-23-39-35(37)41-33-29-21-19-28(8-4)26-32(29)34(30-22-20-27(7-3)25-31(30)33)42-36(38)40-24-18-16-14-12-10-6-2/h19-22,25-26H,5-18,23-24H2,1-4H3. The number of ether oxygens (including phenoxy) is 4. The van der Waals surface area contributed by atoms with Crippen LogP contribution in [0.3, 0.4) is 0 Å². The van der Waals surface area contributed by atoms with Gasteiger partial charge in [-0.1, -0.05) is 116 Å². The van der Waals surface area contributed by atoms with Crippen molar-refractivity contribution in [2.45, 2.75) is 118 Å². The van der Waals surface area contributed by atoms with Crippen LogP contribution < -0.4 is 9.47 Å². The number of aryl methyl sites for hydroxylation is 2. The van der Waals surface area contributed by atoms with Crippen LogP contribution in [0.15, 0.2) is 36.4 Å². The minimum atomic E-state index is -0.723. The smallest absolute Gasteiger partial charge is 0.434 e. The molecule has 0 bridgehead atoms. The van der Waals surface area contributed by atoms with Gasteiger partial charge in [0.25, 0.3) is 0 Å². The molecule has 3 aromatic carbocycles. The van der Waals surface area contributed by atoms with E-state index in [0.29, 0.717) is 46.3 Å². The van der Waals surface area contributed by atoms with Gasteiger partial charge in [-0.05, 0) is 48.9 Å². The first-order valence-corrected chi connectivity index (χ1v) is 16.2. The first kappa shape index (κ1) is 33.2. The lowest BCUT2D eigenvalue weighted by Crippen LogP contribution is -2.14. The van der Waals surface area contributed by atoms with Crippen LogP contribution in [0.25, 0.3) is 21.5 Å². The van der Waals surface area contributed by atoms with Crippen LogP contribution in [-0.4, -0.2) is 25.5 Å². The van der Waals surface area contributed by atoms with Crippen molar-refractivity contribution in [3.05, 3.63) is 47.5 Å². The zero-order valence-electron chi connectivity index (χ0n) is 26.2. The van der Waals surface area contributed by atoms with E-state index < -0.39 is 12.3 Å². The fourth-order valence-electron chi connectivity index (χ4n) is 5.21. The summed E-state index contributed by atoms with van der Waals surface area (Å²) in [6.07, 6.45) is 13.4. The van der Waals surface area contributed by atoms with Gasteiger partial charge in [0.05, 0.1) is 13.2 Å². The predicted molar refractivity (Wildman–Crippen MR) is 171 cm³/mol. The van der Waals surface area contributed by atoms with Crippen LogP contribution in [0, 0.1) is 0 Å². The highest BCUT2D eigenvalue weighted by Crippen LogP contribution is 2.44. The average Bonchev–Trinajstić information content (AvgIpc) is 3.01. The van der Waals surface area contributed by atoms with Gasteiger partial charge in [0, 0.05) is 21.5 Å². The quantitative estimate of drug-likeness (QED) is 0.0647. The summed E-state index contributed by atoms with van der Waals surface area (Å²) in [6, 6.07) is 11.9. The lowest BCUT2D eigenvalue weighted by Gasteiger charge is -2.17. The summed E-state index contributed by atoms with van der Waals surface area (Å²) >= 11 is 0. The number of hydrogen-bond donors (Lipinski definition) is 0. The van der Waals surface area contributed by atoms with E-state index in [9.17, 15) is 9.59 Å². The number of fused-ring (bicyclic) bond motifs is 2. The van der Waals surface area contributed by atoms with Crippen LogP contribution in [0.1, 0.15) is 116 Å². The molecule has 0 atom stereocenters. The molecular formula is C36H50O6. The monoisotopic (exact) mass is 578 g/mol. The van der Waals surface area contributed by atoms with E-state index in [1.165, 1.54) is 38.5 Å². The van der Waals surface area contributed by atoms with Crippen LogP contribution in [-0.2, 0) is 22.3 Å². The van der Waals surface area contributed by atoms with Gasteiger partial charge in [-0.25, -0.2) is 9.59 Å². The largest absolute Gasteiger partial charge is 0.513 e. The second-order valence-electron chi connectivity index (χ2n) is 11.1. The number of rotatable bonds is 18. The number of carbonyl (C=O) groups is 2. The van der Waals surface area contributed by atoms with Crippen molar-refractivity contribution in [2.24, 2.45) is 0 Å². The first-order valence-electron chi connectivity index (χ1n) is 16.2. The molecule has 6 nitrogen and oxygen atoms in total. The lowest BCUT2D eigenvalue weighted by molar-refractivity contribution is 0.0965. The van der Waals surface area contributed by atoms with Crippen LogP contribution in [0.4, 0.5) is 9.59 Å². The van der Waals surface area contributed by atoms with Crippen LogP contribution in [0.2, 0.25) is 0 Å². The Morgan fingerprint density at radius 1 is 0.500 bits per heavy atom. The van der Waals surface area contributed by atoms with E-state index >= 15 is 0 Å². The molecule has 6 heteroatoms. The van der Waals surface area contributed by atoms with E-state index in [1.54, 1.807) is 0 Å². The second kappa shape index (κ2) is 18.3. The molecule has 3 rings (SSSR count). The molecule has 3 aromatic rings. The molecule has 0 amide bonds. The van der Waals surface area contributed by atoms with Crippen molar-refractivity contribution >= 4 is 33.9 Å². The highest BCUT2D eigenvalue weighted by atomic mass is 16.7. The highest BCUT2D eigenvalue weighted by molar-refractivity contribution is 6.12. The molecule has 0 aromatic heterocycles. The Balaban J connectivity index is 1.85. The Kier molecular flexibility index (Phi) is 14.5. The maximum Gasteiger partial charge on any atom is 0.513 e. The van der Waals surface area contributed by atoms with E-state index in [1.807, 2.05) is 36.4 Å². The summed E-state index contributed by atoms with van der Waals surface area (Å²) in [7, 11) is 0. The van der Waals surface area contributed by atoms with Crippen molar-refractivity contribution in [1.82, 2.24) is 0 Å². The third-order valence-corrected chi connectivity index (χ3v) is 7.77. The number of unbranched alkanes of at least 4 members (excludes halogenated alkanes) is 10. The van der Waals surface area contributed by atoms with Gasteiger partial charge >= 0.3 is 12.3 Å². The van der Waals surface area contributed by atoms with Crippen LogP contribution in [0.5, 0.6) is 11.5 Å². The number of hydrogen-bond acceptors (Lipinski definition) is 6. The molecule has 0 spiro atoms. The molecule has 0 saturated carbocycles. The number of carbonyl (C=O) groups excluding carboxylic acids is 2. The molecular weight excluding hydrogens is 528 g/mol. The summed E-state index contributed by atoms with van der Waals surface area (Å²) in [5.74, 6) is 0.831. The summed E-state index contributed by atoms with van der Waals surface area (Å²) in [6.45, 7) is 9.19. The first-order chi connectivity index (χ1) is 20.5. The Bertz CT molecular complexity index is 1180. The summed E-state index contributed by atoms with van der Waals surface area (Å²) in [5.41, 5.74) is 2.16. The second-order valence-corrected chi connectivity index (χ2v) is 11.1. The van der Waals surface area contributed by atoms with Gasteiger partial charge in [0.15, 0.2) is 0 Å². The van der Waals surface area contributed by atoms with E-state index in [2.05, 4.69) is 27.7 Å². The summed E-state index contributed by atoms with van der Waals surface area (Å²) < 4.78 is 22.7. The van der Waals surface area contributed by atoms with Gasteiger partial charge in [-0.15, -0.1) is 0 Å². The molecule has 0 heterocycles. The minimum absolute atomic E-state index is 0.326. The Labute approximate surface area is 252 Å². The van der Waals surface area contributed by atoms with Gasteiger partial charge in [-0.3, -0.25) is 0 Å². The van der Waals surface area contributed by atoms with Gasteiger partial charge < -0.3 is 18.9 Å². The molecule has 0 aliphatic rings. The molecule has 0 radical (unpaired) electrons. The van der Waals surface area contributed by atoms with E-state index in [-0.39, 0.29) is 0 Å². The van der Waals surface area contributed by atoms with Crippen molar-refractivity contribution in [3.63, 3.8) is 0 Å². The predicted octanol–water partition coefficient (Wildman–Crippen LogP) is 10.9. The third kappa shape index (κ3) is 9.92. The highest BCUT2D eigenvalue weighted by Gasteiger charge is 2.22. The van der Waals surface area contributed by atoms with Gasteiger partial charge in [0.1, 0.15) is 11.5 Å². The zero-order chi connectivity index (χ0) is 30.2. The SMILES string of the molecule is CCCCCCCCOC(=O)Oc1c2ccc(CC)cc2c(OC(=O)OCCCCCCCC)c2ccc(CC)cc12. The van der Waals surface area contributed by atoms with E-state index in [4.69, 9.17) is 18.9 Å². The van der Waals surface area contributed by atoms with Crippen molar-refractivity contribution in [3.8, 4) is 11.5 Å². The fourth-order valence-corrected chi connectivity index (χ4v) is 5.21. The molecule has 0 saturated heterocycles. The Morgan fingerprint density at radius 2 is 0.881 bits per heavy atom. The maximum atomic E-state index is 12.9. The van der Waals surface area contributed by atoms with E-state index in [0.717, 1.165) is 62.5 Å². The minimum Gasteiger partial charge on any atom is -0.434 e. The fraction of sp³-hybridized carbons (Fsp3) is 0.556.